The van der Waals surface area contributed by atoms with E-state index >= 15 is 0 Å². The average Bonchev–Trinajstić information content (AvgIpc) is 2.33. The SMILES string of the molecule is CC(C)(C)c1ccc(C(NCCC(=O)O)C(=O)O)cc1. The maximum Gasteiger partial charge on any atom is 0.325 e. The number of aliphatic carboxylic acids is 2. The van der Waals surface area contributed by atoms with Crippen molar-refractivity contribution in [3.05, 3.63) is 35.4 Å². The van der Waals surface area contributed by atoms with Crippen molar-refractivity contribution in [1.82, 2.24) is 5.32 Å². The Morgan fingerprint density at radius 3 is 2.10 bits per heavy atom. The lowest BCUT2D eigenvalue weighted by molar-refractivity contribution is -0.141. The normalized spacial score (nSPS) is 12.9. The largest absolute Gasteiger partial charge is 0.481 e. The van der Waals surface area contributed by atoms with Gasteiger partial charge in [-0.25, -0.2) is 0 Å². The van der Waals surface area contributed by atoms with Crippen LogP contribution in [0.4, 0.5) is 0 Å². The maximum atomic E-state index is 11.2. The maximum absolute atomic E-state index is 11.2. The van der Waals surface area contributed by atoms with E-state index in [0.717, 1.165) is 5.56 Å². The highest BCUT2D eigenvalue weighted by molar-refractivity contribution is 5.75. The molecule has 3 N–H and O–H groups in total. The van der Waals surface area contributed by atoms with Crippen LogP contribution >= 0.6 is 0 Å². The van der Waals surface area contributed by atoms with E-state index in [4.69, 9.17) is 5.11 Å². The molecule has 1 atom stereocenters. The molecule has 0 saturated heterocycles. The summed E-state index contributed by atoms with van der Waals surface area (Å²) < 4.78 is 0. The van der Waals surface area contributed by atoms with Gasteiger partial charge in [0.25, 0.3) is 0 Å². The minimum atomic E-state index is -1.01. The number of carbonyl (C=O) groups is 2. The highest BCUT2D eigenvalue weighted by Gasteiger charge is 2.20. The summed E-state index contributed by atoms with van der Waals surface area (Å²) in [4.78, 5) is 21.7. The molecule has 5 nitrogen and oxygen atoms in total. The lowest BCUT2D eigenvalue weighted by Crippen LogP contribution is -2.30. The van der Waals surface area contributed by atoms with Crippen LogP contribution in [0.3, 0.4) is 0 Å². The zero-order chi connectivity index (χ0) is 15.3. The molecule has 0 aliphatic heterocycles. The van der Waals surface area contributed by atoms with Gasteiger partial charge in [-0.2, -0.15) is 0 Å². The fourth-order valence-electron chi connectivity index (χ4n) is 1.85. The molecule has 1 rings (SSSR count). The zero-order valence-electron chi connectivity index (χ0n) is 12.0. The van der Waals surface area contributed by atoms with Gasteiger partial charge < -0.3 is 15.5 Å². The summed E-state index contributed by atoms with van der Waals surface area (Å²) in [7, 11) is 0. The van der Waals surface area contributed by atoms with Crippen molar-refractivity contribution in [1.29, 1.82) is 0 Å². The molecule has 0 aliphatic rings. The second-order valence-electron chi connectivity index (χ2n) is 5.74. The summed E-state index contributed by atoms with van der Waals surface area (Å²) >= 11 is 0. The molecule has 0 radical (unpaired) electrons. The monoisotopic (exact) mass is 279 g/mol. The third-order valence-corrected chi connectivity index (χ3v) is 3.04. The number of hydrogen-bond acceptors (Lipinski definition) is 3. The highest BCUT2D eigenvalue weighted by Crippen LogP contribution is 2.24. The Bertz CT molecular complexity index is 474. The molecule has 0 aliphatic carbocycles. The molecular weight excluding hydrogens is 258 g/mol. The van der Waals surface area contributed by atoms with Gasteiger partial charge in [0.05, 0.1) is 6.42 Å². The summed E-state index contributed by atoms with van der Waals surface area (Å²) in [5, 5.41) is 20.5. The van der Waals surface area contributed by atoms with Crippen LogP contribution in [0.5, 0.6) is 0 Å². The van der Waals surface area contributed by atoms with E-state index in [1.165, 1.54) is 0 Å². The Labute approximate surface area is 118 Å². The third kappa shape index (κ3) is 4.66. The van der Waals surface area contributed by atoms with Crippen molar-refractivity contribution in [3.8, 4) is 0 Å². The molecular formula is C15H21NO4. The first-order chi connectivity index (χ1) is 9.21. The van der Waals surface area contributed by atoms with E-state index in [-0.39, 0.29) is 18.4 Å². The molecule has 5 heteroatoms. The summed E-state index contributed by atoms with van der Waals surface area (Å²) in [6, 6.07) is 6.47. The van der Waals surface area contributed by atoms with E-state index in [9.17, 15) is 14.7 Å². The van der Waals surface area contributed by atoms with Gasteiger partial charge in [0.2, 0.25) is 0 Å². The molecule has 0 spiro atoms. The van der Waals surface area contributed by atoms with Crippen LogP contribution < -0.4 is 5.32 Å². The van der Waals surface area contributed by atoms with Gasteiger partial charge in [-0.1, -0.05) is 45.0 Å². The average molecular weight is 279 g/mol. The number of carboxylic acids is 2. The predicted octanol–water partition coefficient (Wildman–Crippen LogP) is 2.17. The molecule has 0 aromatic heterocycles. The topological polar surface area (TPSA) is 86.6 Å². The molecule has 20 heavy (non-hydrogen) atoms. The predicted molar refractivity (Wildman–Crippen MR) is 75.8 cm³/mol. The first kappa shape index (κ1) is 16.2. The fourth-order valence-corrected chi connectivity index (χ4v) is 1.85. The Kier molecular flexibility index (Phi) is 5.27. The van der Waals surface area contributed by atoms with Crippen molar-refractivity contribution in [2.75, 3.05) is 6.54 Å². The molecule has 1 aromatic carbocycles. The Balaban J connectivity index is 2.82. The first-order valence-electron chi connectivity index (χ1n) is 6.50. The summed E-state index contributed by atoms with van der Waals surface area (Å²) in [5.74, 6) is -1.97. The van der Waals surface area contributed by atoms with E-state index in [2.05, 4.69) is 26.1 Å². The molecule has 110 valence electrons. The van der Waals surface area contributed by atoms with Crippen LogP contribution in [0.15, 0.2) is 24.3 Å². The zero-order valence-corrected chi connectivity index (χ0v) is 12.0. The molecule has 0 bridgehead atoms. The van der Waals surface area contributed by atoms with Gasteiger partial charge in [0.1, 0.15) is 6.04 Å². The van der Waals surface area contributed by atoms with Gasteiger partial charge in [-0.15, -0.1) is 0 Å². The van der Waals surface area contributed by atoms with Crippen molar-refractivity contribution < 1.29 is 19.8 Å². The van der Waals surface area contributed by atoms with Gasteiger partial charge in [-0.05, 0) is 16.5 Å². The molecule has 0 heterocycles. The quantitative estimate of drug-likeness (QED) is 0.743. The third-order valence-electron chi connectivity index (χ3n) is 3.04. The second-order valence-corrected chi connectivity index (χ2v) is 5.74. The number of rotatable bonds is 6. The van der Waals surface area contributed by atoms with Gasteiger partial charge in [0.15, 0.2) is 0 Å². The van der Waals surface area contributed by atoms with Crippen molar-refractivity contribution >= 4 is 11.9 Å². The Hall–Kier alpha value is -1.88. The van der Waals surface area contributed by atoms with Crippen LogP contribution in [0.1, 0.15) is 44.4 Å². The van der Waals surface area contributed by atoms with Crippen molar-refractivity contribution in [3.63, 3.8) is 0 Å². The molecule has 0 saturated carbocycles. The van der Waals surface area contributed by atoms with E-state index in [0.29, 0.717) is 5.56 Å². The second kappa shape index (κ2) is 6.52. The van der Waals surface area contributed by atoms with Gasteiger partial charge in [-0.3, -0.25) is 9.59 Å². The fraction of sp³-hybridized carbons (Fsp3) is 0.467. The lowest BCUT2D eigenvalue weighted by Gasteiger charge is -2.20. The minimum Gasteiger partial charge on any atom is -0.481 e. The number of carboxylic acid groups (broad SMARTS) is 2. The molecule has 0 amide bonds. The number of benzene rings is 1. The van der Waals surface area contributed by atoms with Gasteiger partial charge >= 0.3 is 11.9 Å². The van der Waals surface area contributed by atoms with Crippen molar-refractivity contribution in [2.45, 2.75) is 38.6 Å². The first-order valence-corrected chi connectivity index (χ1v) is 6.50. The lowest BCUT2D eigenvalue weighted by atomic mass is 9.86. The highest BCUT2D eigenvalue weighted by atomic mass is 16.4. The van der Waals surface area contributed by atoms with Crippen LogP contribution in [0.2, 0.25) is 0 Å². The standard InChI is InChI=1S/C15H21NO4/c1-15(2,3)11-6-4-10(5-7-11)13(14(19)20)16-9-8-12(17)18/h4-7,13,16H,8-9H2,1-3H3,(H,17,18)(H,19,20). The molecule has 0 fully saturated rings. The summed E-state index contributed by atoms with van der Waals surface area (Å²) in [6.07, 6.45) is -0.107. The Morgan fingerprint density at radius 2 is 1.70 bits per heavy atom. The molecule has 1 unspecified atom stereocenters. The van der Waals surface area contributed by atoms with Crippen molar-refractivity contribution in [2.24, 2.45) is 0 Å². The van der Waals surface area contributed by atoms with Crippen LogP contribution in [-0.2, 0) is 15.0 Å². The number of nitrogens with one attached hydrogen (secondary N) is 1. The number of hydrogen-bond donors (Lipinski definition) is 3. The van der Waals surface area contributed by atoms with Crippen LogP contribution in [0.25, 0.3) is 0 Å². The smallest absolute Gasteiger partial charge is 0.325 e. The molecule has 1 aromatic rings. The summed E-state index contributed by atoms with van der Waals surface area (Å²) in [6.45, 7) is 6.37. The Morgan fingerprint density at radius 1 is 1.15 bits per heavy atom. The van der Waals surface area contributed by atoms with E-state index in [1.54, 1.807) is 12.1 Å². The van der Waals surface area contributed by atoms with E-state index < -0.39 is 18.0 Å². The van der Waals surface area contributed by atoms with E-state index in [1.807, 2.05) is 12.1 Å². The van der Waals surface area contributed by atoms with Gasteiger partial charge in [0, 0.05) is 6.54 Å². The van der Waals surface area contributed by atoms with Crippen LogP contribution in [0, 0.1) is 0 Å². The minimum absolute atomic E-state index is 0.00792. The van der Waals surface area contributed by atoms with Crippen LogP contribution in [-0.4, -0.2) is 28.7 Å². The summed E-state index contributed by atoms with van der Waals surface area (Å²) in [5.41, 5.74) is 1.75.